The van der Waals surface area contributed by atoms with E-state index in [9.17, 15) is 14.4 Å². The molecule has 1 atom stereocenters. The van der Waals surface area contributed by atoms with Gasteiger partial charge < -0.3 is 27.4 Å². The minimum absolute atomic E-state index is 0.0135. The Labute approximate surface area is 241 Å². The molecule has 12 nitrogen and oxygen atoms in total. The average Bonchev–Trinajstić information content (AvgIpc) is 2.96. The van der Waals surface area contributed by atoms with Gasteiger partial charge in [-0.25, -0.2) is 11.4 Å². The fourth-order valence-corrected chi connectivity index (χ4v) is 5.29. The summed E-state index contributed by atoms with van der Waals surface area (Å²) in [5.74, 6) is 4.36. The second-order valence-corrected chi connectivity index (χ2v) is 9.64. The van der Waals surface area contributed by atoms with E-state index in [0.29, 0.717) is 30.5 Å². The van der Waals surface area contributed by atoms with Gasteiger partial charge in [0.1, 0.15) is 12.4 Å². The van der Waals surface area contributed by atoms with E-state index in [1.165, 1.54) is 4.90 Å². The zero-order chi connectivity index (χ0) is 30.7. The molecule has 220 valence electrons. The summed E-state index contributed by atoms with van der Waals surface area (Å²) in [5.41, 5.74) is 22.8. The van der Waals surface area contributed by atoms with E-state index in [-0.39, 0.29) is 30.9 Å². The van der Waals surface area contributed by atoms with Crippen molar-refractivity contribution >= 4 is 23.6 Å². The molecule has 2 aromatic carbocycles. The van der Waals surface area contributed by atoms with Gasteiger partial charge in [0.05, 0.1) is 18.0 Å². The number of amidine groups is 1. The monoisotopic (exact) mass is 563 g/mol. The predicted octanol–water partition coefficient (Wildman–Crippen LogP) is 0.967. The molecule has 1 aliphatic rings. The Hall–Kier alpha value is -4.47. The first-order chi connectivity index (χ1) is 19.6. The topological polar surface area (TPSA) is 219 Å². The number of hydrogen-bond acceptors (Lipinski definition) is 8. The second kappa shape index (κ2) is 14.8. The molecule has 3 rings (SSSR count). The maximum atomic E-state index is 12.8. The van der Waals surface area contributed by atoms with Crippen LogP contribution in [0.5, 0.6) is 0 Å². The van der Waals surface area contributed by atoms with Gasteiger partial charge in [0.2, 0.25) is 17.7 Å². The summed E-state index contributed by atoms with van der Waals surface area (Å²) < 4.78 is 0. The molecule has 0 aliphatic heterocycles. The first-order valence-electron chi connectivity index (χ1n) is 13.6. The number of nitrogens with zero attached hydrogens (tertiary/aromatic N) is 3. The molecule has 3 amide bonds. The first-order valence-corrected chi connectivity index (χ1v) is 13.6. The highest BCUT2D eigenvalue weighted by Gasteiger charge is 2.45. The molecule has 1 aliphatic carbocycles. The van der Waals surface area contributed by atoms with Crippen molar-refractivity contribution in [3.05, 3.63) is 69.8 Å². The minimum Gasteiger partial charge on any atom is -0.385 e. The van der Waals surface area contributed by atoms with Gasteiger partial charge in [-0.3, -0.25) is 14.4 Å². The van der Waals surface area contributed by atoms with Crippen LogP contribution in [-0.4, -0.2) is 54.1 Å². The summed E-state index contributed by atoms with van der Waals surface area (Å²) >= 11 is 0. The number of nitrogens with one attached hydrogen (secondary N) is 2. The molecule has 0 saturated heterocycles. The van der Waals surface area contributed by atoms with Gasteiger partial charge in [-0.05, 0) is 72.7 Å². The highest BCUT2D eigenvalue weighted by molar-refractivity contribution is 5.99. The number of amides is 3. The summed E-state index contributed by atoms with van der Waals surface area (Å²) in [5, 5.41) is 16.5. The second-order valence-electron chi connectivity index (χ2n) is 9.64. The fraction of sp³-hybridized carbons (Fsp3) is 0.414. The number of hydrazine groups is 1. The third kappa shape index (κ3) is 7.19. The zero-order valence-electron chi connectivity index (χ0n) is 24.2. The average molecular weight is 564 g/mol. The fourth-order valence-electron chi connectivity index (χ4n) is 5.29. The van der Waals surface area contributed by atoms with Gasteiger partial charge in [-0.1, -0.05) is 32.9 Å². The van der Waals surface area contributed by atoms with Gasteiger partial charge in [0.25, 0.3) is 0 Å². The molecule has 10 N–H and O–H groups in total. The molecule has 0 heterocycles. The van der Waals surface area contributed by atoms with Crippen LogP contribution in [0.3, 0.4) is 0 Å². The Morgan fingerprint density at radius 1 is 1.05 bits per heavy atom. The summed E-state index contributed by atoms with van der Waals surface area (Å²) in [6.07, 6.45) is 1.48. The Morgan fingerprint density at radius 3 is 2.02 bits per heavy atom. The lowest BCUT2D eigenvalue weighted by molar-refractivity contribution is -0.129. The Kier molecular flexibility index (Phi) is 11.8. The third-order valence-electron chi connectivity index (χ3n) is 7.02. The smallest absolute Gasteiger partial charge is 0.248 e. The molecule has 0 spiro atoms. The normalized spacial score (nSPS) is 13.8. The Balaban J connectivity index is 0.00000287. The maximum Gasteiger partial charge on any atom is 0.248 e. The highest BCUT2D eigenvalue weighted by Crippen LogP contribution is 2.45. The van der Waals surface area contributed by atoms with E-state index < -0.39 is 17.2 Å². The van der Waals surface area contributed by atoms with Crippen molar-refractivity contribution < 1.29 is 14.4 Å². The van der Waals surface area contributed by atoms with Crippen LogP contribution in [0.25, 0.3) is 0 Å². The first kappa shape index (κ1) is 32.7. The SMILES string of the molecule is CC.CCCN(CC#N)C(=O)CN[C@H](C)CC1(/C(N)=N/NN)c2ccc(C(N)=O)cc2Cc2cc(C(N)=O)ccc21. The van der Waals surface area contributed by atoms with Gasteiger partial charge >= 0.3 is 0 Å². The van der Waals surface area contributed by atoms with Crippen molar-refractivity contribution in [2.75, 3.05) is 19.6 Å². The molecule has 41 heavy (non-hydrogen) atoms. The van der Waals surface area contributed by atoms with Crippen molar-refractivity contribution in [3.63, 3.8) is 0 Å². The molecule has 0 radical (unpaired) electrons. The summed E-state index contributed by atoms with van der Waals surface area (Å²) in [6, 6.07) is 12.0. The molecule has 0 aromatic heterocycles. The van der Waals surface area contributed by atoms with Crippen LogP contribution < -0.4 is 33.9 Å². The standard InChI is InChI=1S/C27H35N9O3.C2H6/c1-3-9-36(10-8-28)23(37)15-33-16(2)14-27(26(31)34-35-32)21-6-4-17(24(29)38)11-19(21)13-20-12-18(25(30)39)5-7-22(20)27;1-2/h4-7,11-12,16,33,35H,3,9-10,13-15,32H2,1-2H3,(H2,29,38)(H2,30,39)(H2,31,34);1-2H3/t16-;/m1./s1. The number of rotatable bonds is 12. The molecular weight excluding hydrogens is 522 g/mol. The highest BCUT2D eigenvalue weighted by atomic mass is 16.2. The molecule has 0 saturated carbocycles. The van der Waals surface area contributed by atoms with E-state index in [1.807, 2.05) is 33.8 Å². The summed E-state index contributed by atoms with van der Waals surface area (Å²) in [7, 11) is 0. The number of nitrogens with two attached hydrogens (primary N) is 4. The molecule has 0 unspecified atom stereocenters. The number of hydrazone groups is 1. The van der Waals surface area contributed by atoms with Gasteiger partial charge in [0.15, 0.2) is 0 Å². The van der Waals surface area contributed by atoms with Crippen LogP contribution in [0.4, 0.5) is 0 Å². The van der Waals surface area contributed by atoms with Crippen molar-refractivity contribution in [1.29, 1.82) is 5.26 Å². The van der Waals surface area contributed by atoms with Crippen LogP contribution in [0.15, 0.2) is 41.5 Å². The summed E-state index contributed by atoms with van der Waals surface area (Å²) in [4.78, 5) is 38.2. The number of nitriles is 1. The van der Waals surface area contributed by atoms with Gasteiger partial charge in [0, 0.05) is 23.7 Å². The van der Waals surface area contributed by atoms with Crippen molar-refractivity contribution in [1.82, 2.24) is 15.8 Å². The number of carbonyl (C=O) groups excluding carboxylic acids is 3. The lowest BCUT2D eigenvalue weighted by Crippen LogP contribution is -2.51. The number of hydrogen-bond donors (Lipinski definition) is 6. The number of benzene rings is 2. The van der Waals surface area contributed by atoms with E-state index in [4.69, 9.17) is 28.3 Å². The van der Waals surface area contributed by atoms with E-state index in [1.54, 1.807) is 36.4 Å². The van der Waals surface area contributed by atoms with E-state index in [0.717, 1.165) is 28.7 Å². The molecule has 0 fully saturated rings. The van der Waals surface area contributed by atoms with E-state index >= 15 is 0 Å². The molecule has 2 aromatic rings. The summed E-state index contributed by atoms with van der Waals surface area (Å²) in [6.45, 7) is 8.37. The third-order valence-corrected chi connectivity index (χ3v) is 7.02. The minimum atomic E-state index is -1.05. The van der Waals surface area contributed by atoms with Crippen LogP contribution in [0.1, 0.15) is 83.5 Å². The Bertz CT molecular complexity index is 1270. The zero-order valence-corrected chi connectivity index (χ0v) is 24.2. The Morgan fingerprint density at radius 2 is 1.59 bits per heavy atom. The lowest BCUT2D eigenvalue weighted by atomic mass is 9.62. The lowest BCUT2D eigenvalue weighted by Gasteiger charge is -2.42. The predicted molar refractivity (Wildman–Crippen MR) is 158 cm³/mol. The number of carbonyl (C=O) groups is 3. The number of fused-ring (bicyclic) bond motifs is 2. The molecule has 12 heteroatoms. The number of primary amides is 2. The van der Waals surface area contributed by atoms with Crippen LogP contribution in [-0.2, 0) is 16.6 Å². The van der Waals surface area contributed by atoms with Crippen molar-refractivity contribution in [3.8, 4) is 6.07 Å². The van der Waals surface area contributed by atoms with Crippen LogP contribution >= 0.6 is 0 Å². The van der Waals surface area contributed by atoms with Crippen LogP contribution in [0, 0.1) is 11.3 Å². The van der Waals surface area contributed by atoms with Gasteiger partial charge in [-0.2, -0.15) is 10.4 Å². The maximum absolute atomic E-state index is 12.8. The van der Waals surface area contributed by atoms with Crippen molar-refractivity contribution in [2.24, 2.45) is 28.1 Å². The molecule has 0 bridgehead atoms. The van der Waals surface area contributed by atoms with Crippen molar-refractivity contribution in [2.45, 2.75) is 58.4 Å². The van der Waals surface area contributed by atoms with E-state index in [2.05, 4.69) is 16.0 Å². The van der Waals surface area contributed by atoms with Gasteiger partial charge in [-0.15, -0.1) is 0 Å². The molecular formula is C29H41N9O3. The van der Waals surface area contributed by atoms with Crippen LogP contribution in [0.2, 0.25) is 0 Å². The quantitative estimate of drug-likeness (QED) is 0.0716. The largest absolute Gasteiger partial charge is 0.385 e.